The molecule has 134 valence electrons. The third kappa shape index (κ3) is 4.26. The first-order valence-electron chi connectivity index (χ1n) is 7.83. The van der Waals surface area contributed by atoms with Crippen LogP contribution >= 0.6 is 46.6 Å². The van der Waals surface area contributed by atoms with Gasteiger partial charge in [0.1, 0.15) is 0 Å². The van der Waals surface area contributed by atoms with Crippen molar-refractivity contribution < 1.29 is 4.79 Å². The quantitative estimate of drug-likeness (QED) is 0.377. The molecule has 0 spiro atoms. The Bertz CT molecular complexity index is 994. The van der Waals surface area contributed by atoms with E-state index in [2.05, 4.69) is 10.3 Å². The molecule has 0 saturated carbocycles. The fourth-order valence-corrected chi connectivity index (χ4v) is 3.98. The number of benzene rings is 2. The molecule has 1 atom stereocenters. The van der Waals surface area contributed by atoms with Gasteiger partial charge in [-0.25, -0.2) is 4.98 Å². The Balaban J connectivity index is 1.76. The summed E-state index contributed by atoms with van der Waals surface area (Å²) in [6.45, 7) is 3.85. The third-order valence-corrected chi connectivity index (χ3v) is 5.89. The van der Waals surface area contributed by atoms with Crippen LogP contribution in [0.4, 0.5) is 5.69 Å². The number of nitrogens with zero attached hydrogens (tertiary/aromatic N) is 1. The van der Waals surface area contributed by atoms with Gasteiger partial charge in [-0.15, -0.1) is 0 Å². The molecule has 0 bridgehead atoms. The van der Waals surface area contributed by atoms with Crippen LogP contribution in [0.15, 0.2) is 47.5 Å². The van der Waals surface area contributed by atoms with Crippen molar-refractivity contribution in [3.05, 3.63) is 63.1 Å². The van der Waals surface area contributed by atoms with Gasteiger partial charge < -0.3 is 5.32 Å². The van der Waals surface area contributed by atoms with Crippen molar-refractivity contribution in [1.29, 1.82) is 0 Å². The second-order valence-corrected chi connectivity index (χ2v) is 8.37. The Kier molecular flexibility index (Phi) is 5.98. The largest absolute Gasteiger partial charge is 0.324 e. The van der Waals surface area contributed by atoms with Crippen molar-refractivity contribution in [2.24, 2.45) is 0 Å². The number of anilines is 1. The Hall–Kier alpha value is -1.46. The minimum absolute atomic E-state index is 0.192. The maximum Gasteiger partial charge on any atom is 0.237 e. The lowest BCUT2D eigenvalue weighted by Crippen LogP contribution is -2.22. The standard InChI is InChI=1S/C19H15Cl3N2OS/c1-10-7-18(23-16-6-4-3-5-12(10)16)26-11(2)19(25)24-17-9-14(21)13(20)8-15(17)22/h3-9,11H,1-2H3,(H,24,25)/t11-/m1/s1. The number of fused-ring (bicyclic) bond motifs is 1. The fraction of sp³-hybridized carbons (Fsp3) is 0.158. The van der Waals surface area contributed by atoms with E-state index in [4.69, 9.17) is 34.8 Å². The number of carbonyl (C=O) groups is 1. The van der Waals surface area contributed by atoms with Gasteiger partial charge in [0.05, 0.1) is 36.5 Å². The van der Waals surface area contributed by atoms with Gasteiger partial charge in [-0.3, -0.25) is 4.79 Å². The van der Waals surface area contributed by atoms with Gasteiger partial charge in [0.2, 0.25) is 5.91 Å². The molecule has 0 aliphatic carbocycles. The van der Waals surface area contributed by atoms with Gasteiger partial charge in [-0.1, -0.05) is 64.8 Å². The summed E-state index contributed by atoms with van der Waals surface area (Å²) in [4.78, 5) is 17.1. The number of aromatic nitrogens is 1. The summed E-state index contributed by atoms with van der Waals surface area (Å²) < 4.78 is 0. The highest BCUT2D eigenvalue weighted by Crippen LogP contribution is 2.33. The SMILES string of the molecule is Cc1cc(S[C@H](C)C(=O)Nc2cc(Cl)c(Cl)cc2Cl)nc2ccccc12. The Morgan fingerprint density at radius 1 is 1.08 bits per heavy atom. The topological polar surface area (TPSA) is 42.0 Å². The minimum atomic E-state index is -0.367. The van der Waals surface area contributed by atoms with Crippen molar-refractivity contribution in [2.45, 2.75) is 24.1 Å². The molecule has 1 amide bonds. The number of rotatable bonds is 4. The van der Waals surface area contributed by atoms with Gasteiger partial charge in [0, 0.05) is 5.39 Å². The van der Waals surface area contributed by atoms with E-state index in [9.17, 15) is 4.79 Å². The zero-order valence-electron chi connectivity index (χ0n) is 14.0. The first kappa shape index (κ1) is 19.3. The molecular formula is C19H15Cl3N2OS. The zero-order valence-corrected chi connectivity index (χ0v) is 17.1. The van der Waals surface area contributed by atoms with Gasteiger partial charge in [0.15, 0.2) is 0 Å². The molecule has 1 N–H and O–H groups in total. The van der Waals surface area contributed by atoms with Crippen LogP contribution in [0.5, 0.6) is 0 Å². The summed E-state index contributed by atoms with van der Waals surface area (Å²) in [5.74, 6) is -0.192. The van der Waals surface area contributed by atoms with E-state index < -0.39 is 0 Å². The molecule has 2 aromatic carbocycles. The highest BCUT2D eigenvalue weighted by molar-refractivity contribution is 8.00. The number of thioether (sulfide) groups is 1. The highest BCUT2D eigenvalue weighted by atomic mass is 35.5. The molecule has 1 heterocycles. The van der Waals surface area contributed by atoms with Crippen LogP contribution in [0, 0.1) is 6.92 Å². The molecule has 0 unspecified atom stereocenters. The normalized spacial score (nSPS) is 12.2. The summed E-state index contributed by atoms with van der Waals surface area (Å²) in [5.41, 5.74) is 2.47. The number of hydrogen-bond acceptors (Lipinski definition) is 3. The number of carbonyl (C=O) groups excluding carboxylic acids is 1. The number of aryl methyl sites for hydroxylation is 1. The van der Waals surface area contributed by atoms with Crippen molar-refractivity contribution in [1.82, 2.24) is 4.98 Å². The number of nitrogens with one attached hydrogen (secondary N) is 1. The summed E-state index contributed by atoms with van der Waals surface area (Å²) in [6.07, 6.45) is 0. The molecule has 3 aromatic rings. The van der Waals surface area contributed by atoms with E-state index >= 15 is 0 Å². The fourth-order valence-electron chi connectivity index (χ4n) is 2.47. The second kappa shape index (κ2) is 8.05. The van der Waals surface area contributed by atoms with Crippen molar-refractivity contribution in [2.75, 3.05) is 5.32 Å². The first-order valence-corrected chi connectivity index (χ1v) is 9.85. The lowest BCUT2D eigenvalue weighted by Gasteiger charge is -2.14. The van der Waals surface area contributed by atoms with Crippen LogP contribution in [-0.2, 0) is 4.79 Å². The summed E-state index contributed by atoms with van der Waals surface area (Å²) >= 11 is 19.4. The third-order valence-electron chi connectivity index (χ3n) is 3.83. The number of hydrogen-bond donors (Lipinski definition) is 1. The zero-order chi connectivity index (χ0) is 18.8. The van der Waals surface area contributed by atoms with E-state index in [1.54, 1.807) is 6.07 Å². The van der Waals surface area contributed by atoms with Crippen LogP contribution in [0.2, 0.25) is 15.1 Å². The second-order valence-electron chi connectivity index (χ2n) is 5.79. The molecule has 7 heteroatoms. The van der Waals surface area contributed by atoms with E-state index in [1.807, 2.05) is 44.2 Å². The minimum Gasteiger partial charge on any atom is -0.324 e. The van der Waals surface area contributed by atoms with Gasteiger partial charge in [-0.05, 0) is 43.7 Å². The van der Waals surface area contributed by atoms with Crippen LogP contribution < -0.4 is 5.32 Å². The van der Waals surface area contributed by atoms with Crippen molar-refractivity contribution >= 4 is 69.1 Å². The predicted octanol–water partition coefficient (Wildman–Crippen LogP) is 6.62. The van der Waals surface area contributed by atoms with Crippen molar-refractivity contribution in [3.8, 4) is 0 Å². The number of halogens is 3. The van der Waals surface area contributed by atoms with E-state index in [1.165, 1.54) is 17.8 Å². The molecule has 0 radical (unpaired) electrons. The van der Waals surface area contributed by atoms with Gasteiger partial charge in [-0.2, -0.15) is 0 Å². The molecule has 0 fully saturated rings. The summed E-state index contributed by atoms with van der Waals surface area (Å²) in [7, 11) is 0. The van der Waals surface area contributed by atoms with Crippen LogP contribution in [-0.4, -0.2) is 16.1 Å². The average Bonchev–Trinajstić information content (AvgIpc) is 2.59. The van der Waals surface area contributed by atoms with Crippen molar-refractivity contribution in [3.63, 3.8) is 0 Å². The number of para-hydroxylation sites is 1. The summed E-state index contributed by atoms with van der Waals surface area (Å²) in [6, 6.07) is 13.0. The monoisotopic (exact) mass is 424 g/mol. The van der Waals surface area contributed by atoms with Gasteiger partial charge in [0.25, 0.3) is 0 Å². The van der Waals surface area contributed by atoms with E-state index in [0.29, 0.717) is 20.8 Å². The van der Waals surface area contributed by atoms with E-state index in [-0.39, 0.29) is 11.2 Å². The summed E-state index contributed by atoms with van der Waals surface area (Å²) in [5, 5.41) is 5.33. The average molecular weight is 426 g/mol. The maximum atomic E-state index is 12.5. The molecular weight excluding hydrogens is 411 g/mol. The molecule has 3 nitrogen and oxygen atoms in total. The highest BCUT2D eigenvalue weighted by Gasteiger charge is 2.18. The van der Waals surface area contributed by atoms with E-state index in [0.717, 1.165) is 21.5 Å². The smallest absolute Gasteiger partial charge is 0.237 e. The molecule has 1 aromatic heterocycles. The Morgan fingerprint density at radius 2 is 1.77 bits per heavy atom. The first-order chi connectivity index (χ1) is 12.3. The number of pyridine rings is 1. The predicted molar refractivity (Wildman–Crippen MR) is 112 cm³/mol. The van der Waals surface area contributed by atoms with Crippen LogP contribution in [0.25, 0.3) is 10.9 Å². The lowest BCUT2D eigenvalue weighted by molar-refractivity contribution is -0.115. The number of amides is 1. The molecule has 3 rings (SSSR count). The molecule has 0 aliphatic rings. The van der Waals surface area contributed by atoms with Crippen LogP contribution in [0.1, 0.15) is 12.5 Å². The lowest BCUT2D eigenvalue weighted by atomic mass is 10.1. The molecule has 0 saturated heterocycles. The Morgan fingerprint density at radius 3 is 2.54 bits per heavy atom. The molecule has 26 heavy (non-hydrogen) atoms. The molecule has 0 aliphatic heterocycles. The Labute approximate surface area is 171 Å². The van der Waals surface area contributed by atoms with Gasteiger partial charge >= 0.3 is 0 Å². The maximum absolute atomic E-state index is 12.5. The van der Waals surface area contributed by atoms with Crippen LogP contribution in [0.3, 0.4) is 0 Å².